The number of aliphatic hydroxyl groups excluding tert-OH is 1. The molecule has 0 aliphatic heterocycles. The van der Waals surface area contributed by atoms with Crippen molar-refractivity contribution >= 4 is 50.6 Å². The zero-order valence-corrected chi connectivity index (χ0v) is 17.7. The summed E-state index contributed by atoms with van der Waals surface area (Å²) >= 11 is 7.05. The molecule has 0 unspecified atom stereocenters. The van der Waals surface area contributed by atoms with E-state index in [1.807, 2.05) is 24.3 Å². The van der Waals surface area contributed by atoms with Gasteiger partial charge in [-0.3, -0.25) is 4.99 Å². The fourth-order valence-electron chi connectivity index (χ4n) is 2.08. The van der Waals surface area contributed by atoms with Gasteiger partial charge < -0.3 is 20.6 Å². The summed E-state index contributed by atoms with van der Waals surface area (Å²) in [5.74, 6) is 0.885. The van der Waals surface area contributed by atoms with Gasteiger partial charge in [0, 0.05) is 30.8 Å². The minimum Gasteiger partial charge on any atom is -0.872 e. The van der Waals surface area contributed by atoms with E-state index >= 15 is 0 Å². The van der Waals surface area contributed by atoms with Crippen LogP contribution < -0.4 is 5.11 Å². The number of hydrogen-bond acceptors (Lipinski definition) is 5. The van der Waals surface area contributed by atoms with E-state index in [2.05, 4.69) is 43.1 Å². The van der Waals surface area contributed by atoms with E-state index in [4.69, 9.17) is 10.5 Å². The molecule has 0 spiro atoms. The molecule has 3 rings (SSSR count). The number of nitrogens with zero attached hydrogens (tertiary/aromatic N) is 3. The molecule has 1 radical (unpaired) electrons. The van der Waals surface area contributed by atoms with Crippen molar-refractivity contribution in [3.63, 3.8) is 0 Å². The van der Waals surface area contributed by atoms with E-state index < -0.39 is 0 Å². The molecule has 9 heteroatoms. The molecule has 6 nitrogen and oxygen atoms in total. The summed E-state index contributed by atoms with van der Waals surface area (Å²) in [4.78, 5) is 12.1. The van der Waals surface area contributed by atoms with Gasteiger partial charge in [-0.1, -0.05) is 52.1 Å². The molecule has 0 aliphatic carbocycles. The number of halogens is 1. The molecule has 2 aromatic carbocycles. The SMILES string of the molecule is CO.[Cu+2].[N-]=C=S.[O-]c1ccc(Br)cc1C=NCCc1nc2ccccc2[nH]1. The van der Waals surface area contributed by atoms with E-state index in [0.29, 0.717) is 18.5 Å². The summed E-state index contributed by atoms with van der Waals surface area (Å²) in [6.07, 6.45) is 2.34. The molecule has 145 valence electrons. The summed E-state index contributed by atoms with van der Waals surface area (Å²) in [5, 5.41) is 27.1. The van der Waals surface area contributed by atoms with Gasteiger partial charge in [0.2, 0.25) is 0 Å². The largest absolute Gasteiger partial charge is 2.00 e. The van der Waals surface area contributed by atoms with Gasteiger partial charge in [-0.2, -0.15) is 5.16 Å². The van der Waals surface area contributed by atoms with Gasteiger partial charge in [0.1, 0.15) is 5.82 Å². The number of nitrogens with one attached hydrogen (secondary N) is 1. The molecule has 27 heavy (non-hydrogen) atoms. The van der Waals surface area contributed by atoms with Crippen LogP contribution in [0, 0.1) is 0 Å². The minimum atomic E-state index is -0.0225. The van der Waals surface area contributed by atoms with Crippen LogP contribution in [0.4, 0.5) is 0 Å². The Kier molecular flexibility index (Phi) is 13.2. The van der Waals surface area contributed by atoms with Crippen molar-refractivity contribution in [3.05, 3.63) is 63.7 Å². The van der Waals surface area contributed by atoms with Crippen LogP contribution in [0.5, 0.6) is 5.75 Å². The first-order chi connectivity index (χ1) is 12.6. The second kappa shape index (κ2) is 14.2. The van der Waals surface area contributed by atoms with Crippen molar-refractivity contribution in [3.8, 4) is 5.75 Å². The van der Waals surface area contributed by atoms with Gasteiger partial charge in [-0.25, -0.2) is 4.98 Å². The number of benzene rings is 2. The smallest absolute Gasteiger partial charge is 0.872 e. The monoisotopic (exact) mass is 495 g/mol. The number of thiocarbonyl (C=S) groups is 1. The van der Waals surface area contributed by atoms with E-state index in [9.17, 15) is 5.11 Å². The molecule has 3 aromatic rings. The Hall–Kier alpha value is -1.86. The number of isothiocyanates is 1. The first-order valence-electron chi connectivity index (χ1n) is 7.50. The number of para-hydroxylation sites is 2. The van der Waals surface area contributed by atoms with Crippen LogP contribution in [0.25, 0.3) is 16.4 Å². The van der Waals surface area contributed by atoms with Crippen LogP contribution in [-0.2, 0) is 23.5 Å². The minimum absolute atomic E-state index is 0. The number of aromatic amines is 1. The molecule has 0 fully saturated rings. The average Bonchev–Trinajstić information content (AvgIpc) is 3.07. The fourth-order valence-corrected chi connectivity index (χ4v) is 2.46. The van der Waals surface area contributed by atoms with Crippen molar-refractivity contribution in [2.24, 2.45) is 4.99 Å². The Labute approximate surface area is 181 Å². The average molecular weight is 497 g/mol. The second-order valence-electron chi connectivity index (χ2n) is 4.76. The topological polar surface area (TPSA) is 107 Å². The standard InChI is InChI=1S/C16H14BrN3O.CNS.CH4O.Cu/c17-12-5-6-15(21)11(9-12)10-18-8-7-16-19-13-3-1-2-4-14(13)20-16;2-1-3;1-2;/h1-6,9-10,21H,7-8H2,(H,19,20);;2H,1H3;/q;-1;;+2/p-1. The van der Waals surface area contributed by atoms with Crippen molar-refractivity contribution in [2.75, 3.05) is 13.7 Å². The summed E-state index contributed by atoms with van der Waals surface area (Å²) < 4.78 is 0.876. The first kappa shape index (κ1) is 25.1. The molecule has 0 saturated heterocycles. The van der Waals surface area contributed by atoms with E-state index in [-0.39, 0.29) is 22.8 Å². The number of hydrogen-bond donors (Lipinski definition) is 2. The van der Waals surface area contributed by atoms with Crippen LogP contribution in [0.1, 0.15) is 11.4 Å². The zero-order valence-electron chi connectivity index (χ0n) is 14.3. The van der Waals surface area contributed by atoms with Crippen molar-refractivity contribution in [1.82, 2.24) is 9.97 Å². The third kappa shape index (κ3) is 8.58. The number of aliphatic imine (C=N–C) groups is 1. The van der Waals surface area contributed by atoms with Crippen LogP contribution in [0.15, 0.2) is 51.9 Å². The zero-order chi connectivity index (χ0) is 19.4. The quantitative estimate of drug-likeness (QED) is 0.328. The molecule has 0 amide bonds. The van der Waals surface area contributed by atoms with Gasteiger partial charge >= 0.3 is 17.1 Å². The maximum absolute atomic E-state index is 11.6. The maximum Gasteiger partial charge on any atom is 2.00 e. The van der Waals surface area contributed by atoms with E-state index in [0.717, 1.165) is 28.4 Å². The predicted molar refractivity (Wildman–Crippen MR) is 110 cm³/mol. The normalized spacial score (nSPS) is 9.44. The number of aliphatic hydroxyl groups is 1. The van der Waals surface area contributed by atoms with Crippen LogP contribution >= 0.6 is 28.1 Å². The molecule has 1 aromatic heterocycles. The fraction of sp³-hybridized carbons (Fsp3) is 0.167. The van der Waals surface area contributed by atoms with Gasteiger partial charge in [0.25, 0.3) is 0 Å². The van der Waals surface area contributed by atoms with Crippen molar-refractivity contribution in [1.29, 1.82) is 0 Å². The number of fused-ring (bicyclic) bond motifs is 1. The maximum atomic E-state index is 11.6. The molecule has 2 N–H and O–H groups in total. The predicted octanol–water partition coefficient (Wildman–Crippen LogP) is 3.33. The Bertz CT molecular complexity index is 863. The molecular formula is C18H17BrCuN4O2S. The molecule has 1 heterocycles. The molecular weight excluding hydrogens is 480 g/mol. The third-order valence-corrected chi connectivity index (χ3v) is 3.61. The Morgan fingerprint density at radius 1 is 1.33 bits per heavy atom. The molecule has 0 saturated carbocycles. The summed E-state index contributed by atoms with van der Waals surface area (Å²) in [6, 6.07) is 13.0. The van der Waals surface area contributed by atoms with Gasteiger partial charge in [0.05, 0.1) is 11.0 Å². The Balaban J connectivity index is 0.00000103. The Morgan fingerprint density at radius 2 is 2.00 bits per heavy atom. The summed E-state index contributed by atoms with van der Waals surface area (Å²) in [6.45, 7) is 0.589. The van der Waals surface area contributed by atoms with Crippen molar-refractivity contribution < 1.29 is 27.3 Å². The first-order valence-corrected chi connectivity index (χ1v) is 8.70. The van der Waals surface area contributed by atoms with E-state index in [1.165, 1.54) is 11.2 Å². The van der Waals surface area contributed by atoms with Gasteiger partial charge in [0.15, 0.2) is 0 Å². The molecule has 0 atom stereocenters. The van der Waals surface area contributed by atoms with Crippen LogP contribution in [0.2, 0.25) is 0 Å². The number of H-pyrrole nitrogens is 1. The Morgan fingerprint density at radius 3 is 2.67 bits per heavy atom. The summed E-state index contributed by atoms with van der Waals surface area (Å²) in [7, 11) is 1.00. The van der Waals surface area contributed by atoms with Crippen LogP contribution in [-0.4, -0.2) is 40.1 Å². The van der Waals surface area contributed by atoms with E-state index in [1.54, 1.807) is 18.3 Å². The van der Waals surface area contributed by atoms with Gasteiger partial charge in [-0.15, -0.1) is 0 Å². The third-order valence-electron chi connectivity index (χ3n) is 3.12. The number of imidazole rings is 1. The van der Waals surface area contributed by atoms with Crippen LogP contribution in [0.3, 0.4) is 0 Å². The molecule has 0 bridgehead atoms. The molecule has 0 aliphatic rings. The van der Waals surface area contributed by atoms with Crippen molar-refractivity contribution in [2.45, 2.75) is 6.42 Å². The number of aromatic nitrogens is 2. The second-order valence-corrected chi connectivity index (χ2v) is 5.86. The summed E-state index contributed by atoms with van der Waals surface area (Å²) in [5.41, 5.74) is 2.59. The van der Waals surface area contributed by atoms with Gasteiger partial charge in [-0.05, 0) is 29.8 Å². The number of rotatable bonds is 4.